The average molecular weight is 306 g/mol. The number of thiophene rings is 1. The number of carboxylic acids is 1. The Kier molecular flexibility index (Phi) is 4.23. The van der Waals surface area contributed by atoms with Gasteiger partial charge in [-0.15, -0.1) is 11.3 Å². The fraction of sp³-hybridized carbons (Fsp3) is 0.214. The lowest BCUT2D eigenvalue weighted by Crippen LogP contribution is -2.02. The van der Waals surface area contributed by atoms with Crippen molar-refractivity contribution in [1.82, 2.24) is 0 Å². The minimum Gasteiger partial charge on any atom is -0.478 e. The van der Waals surface area contributed by atoms with Crippen LogP contribution >= 0.6 is 11.3 Å². The quantitative estimate of drug-likeness (QED) is 0.650. The summed E-state index contributed by atoms with van der Waals surface area (Å²) in [6.45, 7) is 3.97. The minimum atomic E-state index is -0.945. The van der Waals surface area contributed by atoms with Crippen molar-refractivity contribution in [3.8, 4) is 0 Å². The van der Waals surface area contributed by atoms with Crippen molar-refractivity contribution in [1.29, 1.82) is 0 Å². The first-order chi connectivity index (χ1) is 9.88. The van der Waals surface area contributed by atoms with Gasteiger partial charge in [0.1, 0.15) is 0 Å². The molecule has 7 heteroatoms. The van der Waals surface area contributed by atoms with E-state index in [-0.39, 0.29) is 11.3 Å². The normalized spacial score (nSPS) is 10.4. The van der Waals surface area contributed by atoms with E-state index >= 15 is 0 Å². The van der Waals surface area contributed by atoms with Crippen LogP contribution in [0.1, 0.15) is 26.4 Å². The van der Waals surface area contributed by atoms with Gasteiger partial charge in [-0.1, -0.05) is 0 Å². The molecule has 0 atom stereocenters. The maximum absolute atomic E-state index is 10.9. The van der Waals surface area contributed by atoms with Crippen molar-refractivity contribution in [3.63, 3.8) is 0 Å². The molecule has 0 bridgehead atoms. The Morgan fingerprint density at radius 3 is 2.62 bits per heavy atom. The Labute approximate surface area is 125 Å². The van der Waals surface area contributed by atoms with Crippen LogP contribution in [0.3, 0.4) is 0 Å². The molecule has 1 aromatic carbocycles. The van der Waals surface area contributed by atoms with Gasteiger partial charge >= 0.3 is 5.97 Å². The van der Waals surface area contributed by atoms with Crippen LogP contribution in [0.4, 0.5) is 11.4 Å². The van der Waals surface area contributed by atoms with Gasteiger partial charge in [0.05, 0.1) is 10.5 Å². The molecule has 1 heterocycles. The molecule has 21 heavy (non-hydrogen) atoms. The highest BCUT2D eigenvalue weighted by atomic mass is 32.1. The second-order valence-electron chi connectivity index (χ2n) is 4.67. The fourth-order valence-electron chi connectivity index (χ4n) is 1.96. The molecule has 0 spiro atoms. The van der Waals surface area contributed by atoms with Crippen LogP contribution in [-0.2, 0) is 6.54 Å². The summed E-state index contributed by atoms with van der Waals surface area (Å²) in [7, 11) is 0. The molecule has 0 aliphatic carbocycles. The monoisotopic (exact) mass is 306 g/mol. The van der Waals surface area contributed by atoms with Crippen molar-refractivity contribution < 1.29 is 14.8 Å². The third-order valence-electron chi connectivity index (χ3n) is 3.09. The van der Waals surface area contributed by atoms with E-state index in [1.54, 1.807) is 31.4 Å². The largest absolute Gasteiger partial charge is 0.478 e. The van der Waals surface area contributed by atoms with E-state index in [9.17, 15) is 14.9 Å². The number of hydrogen-bond acceptors (Lipinski definition) is 5. The zero-order valence-electron chi connectivity index (χ0n) is 11.5. The summed E-state index contributed by atoms with van der Waals surface area (Å²) in [6.07, 6.45) is 0. The molecule has 0 saturated heterocycles. The number of nitro groups is 1. The molecule has 2 aromatic rings. The number of aromatic carboxylic acids is 1. The lowest BCUT2D eigenvalue weighted by atomic mass is 10.1. The maximum atomic E-state index is 10.9. The van der Waals surface area contributed by atoms with Gasteiger partial charge in [-0.3, -0.25) is 10.1 Å². The van der Waals surface area contributed by atoms with E-state index in [0.29, 0.717) is 12.1 Å². The molecule has 6 nitrogen and oxygen atoms in total. The highest BCUT2D eigenvalue weighted by Crippen LogP contribution is 2.26. The standard InChI is InChI=1S/C14H14N2O4S/c1-8-4-13(16(19)20)9(2)3-12(8)15-6-11-5-10(7-21-11)14(17)18/h3-5,7,15H,6H2,1-2H3,(H,17,18). The van der Waals surface area contributed by atoms with Crippen LogP contribution < -0.4 is 5.32 Å². The number of carboxylic acid groups (broad SMARTS) is 1. The number of rotatable bonds is 5. The molecule has 2 N–H and O–H groups in total. The van der Waals surface area contributed by atoms with Crippen LogP contribution in [0.5, 0.6) is 0 Å². The van der Waals surface area contributed by atoms with Gasteiger partial charge in [0.15, 0.2) is 0 Å². The van der Waals surface area contributed by atoms with E-state index < -0.39 is 10.9 Å². The number of benzene rings is 1. The summed E-state index contributed by atoms with van der Waals surface area (Å²) in [5, 5.41) is 24.5. The molecule has 0 fully saturated rings. The van der Waals surface area contributed by atoms with Crippen molar-refractivity contribution in [2.75, 3.05) is 5.32 Å². The van der Waals surface area contributed by atoms with Gasteiger partial charge < -0.3 is 10.4 Å². The number of nitrogens with one attached hydrogen (secondary N) is 1. The van der Waals surface area contributed by atoms with Crippen LogP contribution in [0.25, 0.3) is 0 Å². The summed E-state index contributed by atoms with van der Waals surface area (Å²) >= 11 is 1.36. The van der Waals surface area contributed by atoms with Crippen LogP contribution in [0.2, 0.25) is 0 Å². The highest BCUT2D eigenvalue weighted by Gasteiger charge is 2.13. The Morgan fingerprint density at radius 1 is 1.33 bits per heavy atom. The zero-order valence-corrected chi connectivity index (χ0v) is 12.4. The smallest absolute Gasteiger partial charge is 0.336 e. The van der Waals surface area contributed by atoms with Crippen molar-refractivity contribution in [3.05, 3.63) is 55.3 Å². The molecular weight excluding hydrogens is 292 g/mol. The first kappa shape index (κ1) is 15.0. The molecule has 2 rings (SSSR count). The Hall–Kier alpha value is -2.41. The maximum Gasteiger partial charge on any atom is 0.336 e. The molecule has 0 amide bonds. The Bertz CT molecular complexity index is 709. The summed E-state index contributed by atoms with van der Waals surface area (Å²) in [5.41, 5.74) is 2.55. The Balaban J connectivity index is 2.14. The first-order valence-corrected chi connectivity index (χ1v) is 7.06. The van der Waals surface area contributed by atoms with Crippen LogP contribution in [0.15, 0.2) is 23.6 Å². The lowest BCUT2D eigenvalue weighted by molar-refractivity contribution is -0.385. The minimum absolute atomic E-state index is 0.0994. The van der Waals surface area contributed by atoms with Crippen molar-refractivity contribution >= 4 is 28.7 Å². The number of hydrogen-bond donors (Lipinski definition) is 2. The summed E-state index contributed by atoms with van der Waals surface area (Å²) in [6, 6.07) is 4.89. The van der Waals surface area contributed by atoms with Crippen molar-refractivity contribution in [2.45, 2.75) is 20.4 Å². The SMILES string of the molecule is Cc1cc([N+](=O)[O-])c(C)cc1NCc1cc(C(=O)O)cs1. The van der Waals surface area contributed by atoms with E-state index in [2.05, 4.69) is 5.32 Å². The van der Waals surface area contributed by atoms with Gasteiger partial charge in [-0.25, -0.2) is 4.79 Å². The molecule has 0 unspecified atom stereocenters. The first-order valence-electron chi connectivity index (χ1n) is 6.18. The molecule has 1 aromatic heterocycles. The third kappa shape index (κ3) is 3.38. The van der Waals surface area contributed by atoms with Crippen LogP contribution in [-0.4, -0.2) is 16.0 Å². The van der Waals surface area contributed by atoms with Gasteiger partial charge in [0, 0.05) is 34.1 Å². The van der Waals surface area contributed by atoms with Crippen molar-refractivity contribution in [2.24, 2.45) is 0 Å². The molecule has 0 aliphatic heterocycles. The van der Waals surface area contributed by atoms with E-state index in [0.717, 1.165) is 16.1 Å². The lowest BCUT2D eigenvalue weighted by Gasteiger charge is -2.10. The van der Waals surface area contributed by atoms with Crippen LogP contribution in [0, 0.1) is 24.0 Å². The average Bonchev–Trinajstić information content (AvgIpc) is 2.88. The third-order valence-corrected chi connectivity index (χ3v) is 4.03. The predicted molar refractivity (Wildman–Crippen MR) is 81.2 cm³/mol. The second kappa shape index (κ2) is 5.92. The Morgan fingerprint density at radius 2 is 2.05 bits per heavy atom. The molecular formula is C14H14N2O4S. The number of aryl methyl sites for hydroxylation is 2. The molecule has 110 valence electrons. The fourth-order valence-corrected chi connectivity index (χ4v) is 2.75. The number of nitrogens with zero attached hydrogens (tertiary/aromatic N) is 1. The second-order valence-corrected chi connectivity index (χ2v) is 5.67. The summed E-state index contributed by atoms with van der Waals surface area (Å²) in [4.78, 5) is 22.2. The highest BCUT2D eigenvalue weighted by molar-refractivity contribution is 7.10. The molecule has 0 saturated carbocycles. The van der Waals surface area contributed by atoms with E-state index in [1.165, 1.54) is 17.4 Å². The predicted octanol–water partition coefficient (Wildman–Crippen LogP) is 3.58. The topological polar surface area (TPSA) is 92.5 Å². The van der Waals surface area contributed by atoms with Gasteiger partial charge in [0.25, 0.3) is 5.69 Å². The number of anilines is 1. The molecule has 0 radical (unpaired) electrons. The molecule has 0 aliphatic rings. The summed E-state index contributed by atoms with van der Waals surface area (Å²) in [5.74, 6) is -0.945. The van der Waals surface area contributed by atoms with E-state index in [1.807, 2.05) is 0 Å². The van der Waals surface area contributed by atoms with Gasteiger partial charge in [-0.05, 0) is 31.5 Å². The van der Waals surface area contributed by atoms with Gasteiger partial charge in [-0.2, -0.15) is 0 Å². The number of nitro benzene ring substituents is 1. The van der Waals surface area contributed by atoms with Gasteiger partial charge in [0.2, 0.25) is 0 Å². The number of carbonyl (C=O) groups is 1. The van der Waals surface area contributed by atoms with E-state index in [4.69, 9.17) is 5.11 Å². The summed E-state index contributed by atoms with van der Waals surface area (Å²) < 4.78 is 0. The zero-order chi connectivity index (χ0) is 15.6.